The Labute approximate surface area is 105 Å². The van der Waals surface area contributed by atoms with E-state index in [0.29, 0.717) is 4.47 Å². The number of aromatic nitrogens is 1. The molecule has 0 aromatic carbocycles. The van der Waals surface area contributed by atoms with E-state index in [9.17, 15) is 13.2 Å². The van der Waals surface area contributed by atoms with Crippen molar-refractivity contribution in [1.82, 2.24) is 4.98 Å². The number of rotatable bonds is 1. The Morgan fingerprint density at radius 1 is 1.53 bits per heavy atom. The van der Waals surface area contributed by atoms with E-state index in [-0.39, 0.29) is 9.13 Å². The van der Waals surface area contributed by atoms with Crippen LogP contribution in [0.3, 0.4) is 0 Å². The highest BCUT2D eigenvalue weighted by Gasteiger charge is 2.33. The molecular formula is C7HBrF3IN2O. The molecule has 1 aromatic heterocycles. The lowest BCUT2D eigenvalue weighted by Crippen LogP contribution is -2.19. The number of hydrogen-bond donors (Lipinski definition) is 0. The van der Waals surface area contributed by atoms with Crippen LogP contribution in [0.25, 0.3) is 0 Å². The molecule has 80 valence electrons. The van der Waals surface area contributed by atoms with Gasteiger partial charge >= 0.3 is 6.36 Å². The third-order valence-electron chi connectivity index (χ3n) is 1.27. The summed E-state index contributed by atoms with van der Waals surface area (Å²) in [7, 11) is 0. The zero-order valence-electron chi connectivity index (χ0n) is 6.77. The van der Waals surface area contributed by atoms with Crippen LogP contribution in [0.2, 0.25) is 0 Å². The topological polar surface area (TPSA) is 45.9 Å². The molecule has 0 N–H and O–H groups in total. The second-order valence-electron chi connectivity index (χ2n) is 2.26. The predicted molar refractivity (Wildman–Crippen MR) is 56.1 cm³/mol. The number of halogens is 5. The number of hydrogen-bond acceptors (Lipinski definition) is 3. The lowest BCUT2D eigenvalue weighted by Gasteiger charge is -2.10. The van der Waals surface area contributed by atoms with Gasteiger partial charge in [0.2, 0.25) is 5.88 Å². The first-order chi connectivity index (χ1) is 6.85. The smallest absolute Gasteiger partial charge is 0.387 e. The highest BCUT2D eigenvalue weighted by molar-refractivity contribution is 14.1. The van der Waals surface area contributed by atoms with Gasteiger partial charge < -0.3 is 4.74 Å². The molecule has 0 saturated carbocycles. The maximum absolute atomic E-state index is 11.9. The summed E-state index contributed by atoms with van der Waals surface area (Å²) in [4.78, 5) is 3.42. The summed E-state index contributed by atoms with van der Waals surface area (Å²) < 4.78 is 39.7. The molecule has 0 aliphatic heterocycles. The van der Waals surface area contributed by atoms with E-state index in [1.54, 1.807) is 28.7 Å². The summed E-state index contributed by atoms with van der Waals surface area (Å²) in [6, 6.07) is 1.75. The van der Waals surface area contributed by atoms with Crippen LogP contribution in [0, 0.1) is 14.9 Å². The molecule has 1 aromatic rings. The van der Waals surface area contributed by atoms with Crippen LogP contribution in [0.15, 0.2) is 10.7 Å². The van der Waals surface area contributed by atoms with Gasteiger partial charge in [0.25, 0.3) is 0 Å². The number of nitriles is 1. The van der Waals surface area contributed by atoms with Gasteiger partial charge in [0, 0.05) is 6.20 Å². The van der Waals surface area contributed by atoms with E-state index in [2.05, 4.69) is 25.7 Å². The molecule has 0 unspecified atom stereocenters. The molecule has 0 amide bonds. The quantitative estimate of drug-likeness (QED) is 0.689. The Kier molecular flexibility index (Phi) is 3.77. The fraction of sp³-hybridized carbons (Fsp3) is 0.143. The molecule has 0 bridgehead atoms. The second kappa shape index (κ2) is 4.52. The lowest BCUT2D eigenvalue weighted by molar-refractivity contribution is -0.276. The van der Waals surface area contributed by atoms with Gasteiger partial charge in [-0.3, -0.25) is 0 Å². The van der Waals surface area contributed by atoms with E-state index < -0.39 is 12.2 Å². The van der Waals surface area contributed by atoms with Crippen LogP contribution in [-0.2, 0) is 0 Å². The maximum atomic E-state index is 11.9. The minimum atomic E-state index is -4.81. The summed E-state index contributed by atoms with van der Waals surface area (Å²) in [5.41, 5.74) is 0.0600. The maximum Gasteiger partial charge on any atom is 0.574 e. The van der Waals surface area contributed by atoms with E-state index >= 15 is 0 Å². The standard InChI is InChI=1S/C7HBrF3IN2O/c8-4-2-14-6(15-7(9,10)11)5(12)3(4)1-13/h2H. The molecule has 1 heterocycles. The monoisotopic (exact) mass is 392 g/mol. The van der Waals surface area contributed by atoms with Crippen LogP contribution >= 0.6 is 38.5 Å². The first-order valence-corrected chi connectivity index (χ1v) is 5.22. The summed E-state index contributed by atoms with van der Waals surface area (Å²) >= 11 is 4.56. The second-order valence-corrected chi connectivity index (χ2v) is 4.19. The van der Waals surface area contributed by atoms with Gasteiger partial charge in [-0.2, -0.15) is 5.26 Å². The van der Waals surface area contributed by atoms with Crippen molar-refractivity contribution in [2.75, 3.05) is 0 Å². The third-order valence-corrected chi connectivity index (χ3v) is 2.87. The summed E-state index contributed by atoms with van der Waals surface area (Å²) in [5.74, 6) is -0.622. The van der Waals surface area contributed by atoms with Crippen molar-refractivity contribution in [3.8, 4) is 11.9 Å². The zero-order valence-corrected chi connectivity index (χ0v) is 10.5. The summed E-state index contributed by atoms with van der Waals surface area (Å²) in [6.07, 6.45) is -3.73. The number of pyridine rings is 1. The molecule has 0 fully saturated rings. The Balaban J connectivity index is 3.18. The van der Waals surface area contributed by atoms with Crippen molar-refractivity contribution in [2.24, 2.45) is 0 Å². The molecule has 15 heavy (non-hydrogen) atoms. The molecule has 0 aliphatic carbocycles. The van der Waals surface area contributed by atoms with Gasteiger partial charge in [-0.15, -0.1) is 13.2 Å². The summed E-state index contributed by atoms with van der Waals surface area (Å²) in [5, 5.41) is 8.67. The molecular weight excluding hydrogens is 392 g/mol. The summed E-state index contributed by atoms with van der Waals surface area (Å²) in [6.45, 7) is 0. The minimum Gasteiger partial charge on any atom is -0.387 e. The first-order valence-electron chi connectivity index (χ1n) is 3.35. The van der Waals surface area contributed by atoms with Crippen molar-refractivity contribution in [3.63, 3.8) is 0 Å². The average Bonchev–Trinajstić information content (AvgIpc) is 2.09. The lowest BCUT2D eigenvalue weighted by atomic mass is 10.3. The fourth-order valence-corrected chi connectivity index (χ4v) is 2.15. The van der Waals surface area contributed by atoms with Gasteiger partial charge in [-0.25, -0.2) is 4.98 Å². The van der Waals surface area contributed by atoms with E-state index in [0.717, 1.165) is 6.20 Å². The largest absolute Gasteiger partial charge is 0.574 e. The van der Waals surface area contributed by atoms with Gasteiger partial charge in [-0.05, 0) is 38.5 Å². The van der Waals surface area contributed by atoms with Gasteiger partial charge in [0.1, 0.15) is 6.07 Å². The molecule has 8 heteroatoms. The predicted octanol–water partition coefficient (Wildman–Crippen LogP) is 3.22. The van der Waals surface area contributed by atoms with Crippen molar-refractivity contribution in [3.05, 3.63) is 19.8 Å². The first kappa shape index (κ1) is 12.5. The van der Waals surface area contributed by atoms with Crippen LogP contribution in [-0.4, -0.2) is 11.3 Å². The zero-order chi connectivity index (χ0) is 11.6. The number of ether oxygens (including phenoxy) is 1. The number of nitrogens with zero attached hydrogens (tertiary/aromatic N) is 2. The fourth-order valence-electron chi connectivity index (χ4n) is 0.732. The van der Waals surface area contributed by atoms with Crippen molar-refractivity contribution < 1.29 is 17.9 Å². The van der Waals surface area contributed by atoms with Crippen LogP contribution < -0.4 is 4.74 Å². The number of alkyl halides is 3. The molecule has 0 aliphatic rings. The third kappa shape index (κ3) is 3.20. The molecule has 0 radical (unpaired) electrons. The van der Waals surface area contributed by atoms with E-state index in [4.69, 9.17) is 5.26 Å². The van der Waals surface area contributed by atoms with Crippen molar-refractivity contribution >= 4 is 38.5 Å². The van der Waals surface area contributed by atoms with Gasteiger partial charge in [-0.1, -0.05) is 0 Å². The SMILES string of the molecule is N#Cc1c(Br)cnc(OC(F)(F)F)c1I. The highest BCUT2D eigenvalue weighted by atomic mass is 127. The Hall–Kier alpha value is -0.560. The van der Waals surface area contributed by atoms with Crippen LogP contribution in [0.4, 0.5) is 13.2 Å². The Morgan fingerprint density at radius 3 is 2.60 bits per heavy atom. The Morgan fingerprint density at radius 2 is 2.13 bits per heavy atom. The molecule has 0 atom stereocenters. The Bertz CT molecular complexity index is 429. The van der Waals surface area contributed by atoms with Crippen molar-refractivity contribution in [2.45, 2.75) is 6.36 Å². The van der Waals surface area contributed by atoms with E-state index in [1.165, 1.54) is 0 Å². The van der Waals surface area contributed by atoms with Crippen molar-refractivity contribution in [1.29, 1.82) is 5.26 Å². The normalized spacial score (nSPS) is 10.9. The van der Waals surface area contributed by atoms with E-state index in [1.807, 2.05) is 0 Å². The average molecular weight is 393 g/mol. The van der Waals surface area contributed by atoms with Crippen LogP contribution in [0.5, 0.6) is 5.88 Å². The van der Waals surface area contributed by atoms with Gasteiger partial charge in [0.05, 0.1) is 13.6 Å². The van der Waals surface area contributed by atoms with Crippen LogP contribution in [0.1, 0.15) is 5.56 Å². The highest BCUT2D eigenvalue weighted by Crippen LogP contribution is 2.30. The molecule has 0 saturated heterocycles. The minimum absolute atomic E-state index is 0.0156. The molecule has 0 spiro atoms. The van der Waals surface area contributed by atoms with Gasteiger partial charge in [0.15, 0.2) is 0 Å². The molecule has 3 nitrogen and oxygen atoms in total. The molecule has 1 rings (SSSR count).